The molecule has 3 saturated heterocycles. The zero-order valence-corrected chi connectivity index (χ0v) is 22.5. The lowest BCUT2D eigenvalue weighted by atomic mass is 9.67. The van der Waals surface area contributed by atoms with Crippen LogP contribution in [0.4, 0.5) is 0 Å². The van der Waals surface area contributed by atoms with Crippen LogP contribution in [0.15, 0.2) is 24.3 Å². The molecule has 0 amide bonds. The second-order valence-electron chi connectivity index (χ2n) is 11.6. The Hall–Kier alpha value is -1.22. The van der Waals surface area contributed by atoms with Gasteiger partial charge in [0.25, 0.3) is 0 Å². The van der Waals surface area contributed by atoms with E-state index < -0.39 is 5.79 Å². The van der Waals surface area contributed by atoms with Crippen LogP contribution < -0.4 is 4.74 Å². The summed E-state index contributed by atoms with van der Waals surface area (Å²) in [5.74, 6) is 0.294. The molecule has 4 rings (SSSR count). The van der Waals surface area contributed by atoms with Crippen LogP contribution >= 0.6 is 0 Å². The van der Waals surface area contributed by atoms with E-state index >= 15 is 0 Å². The maximum absolute atomic E-state index is 9.80. The number of aliphatic hydroxyl groups is 1. The Balaban J connectivity index is 1.43. The fraction of sp³-hybridized carbons (Fsp3) is 0.786. The third-order valence-corrected chi connectivity index (χ3v) is 8.74. The number of rotatable bonds is 10. The van der Waals surface area contributed by atoms with E-state index in [0.29, 0.717) is 26.4 Å². The quantitative estimate of drug-likeness (QED) is 0.488. The van der Waals surface area contributed by atoms with Crippen molar-refractivity contribution in [1.29, 1.82) is 0 Å². The maximum atomic E-state index is 9.80. The Morgan fingerprint density at radius 3 is 2.26 bits per heavy atom. The first-order chi connectivity index (χ1) is 16.6. The molecule has 1 aromatic rings. The van der Waals surface area contributed by atoms with Crippen molar-refractivity contribution in [2.45, 2.75) is 90.2 Å². The lowest BCUT2D eigenvalue weighted by Crippen LogP contribution is -2.73. The van der Waals surface area contributed by atoms with Crippen molar-refractivity contribution in [3.05, 3.63) is 29.8 Å². The molecule has 0 aromatic heterocycles. The minimum Gasteiger partial charge on any atom is -0.491 e. The summed E-state index contributed by atoms with van der Waals surface area (Å²) in [6.07, 6.45) is 3.64. The minimum absolute atomic E-state index is 0.0603. The highest BCUT2D eigenvalue weighted by Gasteiger charge is 2.63. The molecule has 3 aliphatic rings. The van der Waals surface area contributed by atoms with E-state index in [9.17, 15) is 5.11 Å². The van der Waals surface area contributed by atoms with Gasteiger partial charge in [0, 0.05) is 23.3 Å². The zero-order chi connectivity index (χ0) is 25.3. The van der Waals surface area contributed by atoms with Crippen molar-refractivity contribution in [2.75, 3.05) is 39.6 Å². The van der Waals surface area contributed by atoms with Gasteiger partial charge in [0.1, 0.15) is 18.5 Å². The Bertz CT molecular complexity index is 834. The number of epoxide rings is 1. The van der Waals surface area contributed by atoms with Crippen LogP contribution in [0.2, 0.25) is 0 Å². The number of benzene rings is 1. The number of nitrogens with zero attached hydrogens (tertiary/aromatic N) is 1. The molecule has 1 N–H and O–H groups in total. The molecule has 3 heterocycles. The van der Waals surface area contributed by atoms with E-state index in [1.54, 1.807) is 0 Å². The van der Waals surface area contributed by atoms with Gasteiger partial charge in [-0.15, -0.1) is 0 Å². The summed E-state index contributed by atoms with van der Waals surface area (Å²) in [6, 6.07) is 8.27. The molecule has 1 aromatic carbocycles. The molecule has 35 heavy (non-hydrogen) atoms. The van der Waals surface area contributed by atoms with E-state index in [-0.39, 0.29) is 35.1 Å². The predicted octanol–water partition coefficient (Wildman–Crippen LogP) is 4.36. The van der Waals surface area contributed by atoms with E-state index in [1.807, 2.05) is 19.1 Å². The second-order valence-corrected chi connectivity index (χ2v) is 11.6. The first-order valence-electron chi connectivity index (χ1n) is 13.3. The highest BCUT2D eigenvalue weighted by molar-refractivity contribution is 5.27. The Morgan fingerprint density at radius 1 is 1.06 bits per heavy atom. The summed E-state index contributed by atoms with van der Waals surface area (Å²) >= 11 is 0. The molecular weight excluding hydrogens is 446 g/mol. The number of piperidine rings is 1. The van der Waals surface area contributed by atoms with Crippen molar-refractivity contribution in [3.63, 3.8) is 0 Å². The lowest BCUT2D eigenvalue weighted by molar-refractivity contribution is -0.410. The van der Waals surface area contributed by atoms with Crippen LogP contribution in [-0.4, -0.2) is 72.8 Å². The van der Waals surface area contributed by atoms with Gasteiger partial charge in [-0.3, -0.25) is 4.84 Å². The van der Waals surface area contributed by atoms with Crippen molar-refractivity contribution in [3.8, 4) is 5.75 Å². The van der Waals surface area contributed by atoms with E-state index in [1.165, 1.54) is 5.56 Å². The standard InChI is InChI=1S/C28H45NO6/c1-7-26(5)17-28(33-19-25(4,18-30)20-34-28)21(3)27(6,8-2)29(26)35-14-13-22-9-11-23(12-10-22)31-15-24-16-32-24/h9-12,21,24,30H,7-8,13-20H2,1-6H3. The summed E-state index contributed by atoms with van der Waals surface area (Å²) in [4.78, 5) is 6.62. The van der Waals surface area contributed by atoms with Crippen LogP contribution in [0, 0.1) is 11.3 Å². The Labute approximate surface area is 211 Å². The lowest BCUT2D eigenvalue weighted by Gasteiger charge is -2.64. The van der Waals surface area contributed by atoms with Gasteiger partial charge in [-0.25, -0.2) is 0 Å². The van der Waals surface area contributed by atoms with Gasteiger partial charge in [-0.2, -0.15) is 5.06 Å². The fourth-order valence-electron chi connectivity index (χ4n) is 5.52. The molecule has 0 radical (unpaired) electrons. The van der Waals surface area contributed by atoms with Crippen LogP contribution in [0.1, 0.15) is 66.4 Å². The van der Waals surface area contributed by atoms with Crippen LogP contribution in [0.3, 0.4) is 0 Å². The van der Waals surface area contributed by atoms with Crippen molar-refractivity contribution in [1.82, 2.24) is 5.06 Å². The van der Waals surface area contributed by atoms with Crippen LogP contribution in [0.25, 0.3) is 0 Å². The number of hydrogen-bond acceptors (Lipinski definition) is 7. The third-order valence-electron chi connectivity index (χ3n) is 8.74. The molecule has 3 fully saturated rings. The average Bonchev–Trinajstić information content (AvgIpc) is 3.71. The molecule has 1 spiro atoms. The minimum atomic E-state index is -0.675. The summed E-state index contributed by atoms with van der Waals surface area (Å²) < 4.78 is 24.0. The van der Waals surface area contributed by atoms with Crippen molar-refractivity contribution < 1.29 is 28.9 Å². The second kappa shape index (κ2) is 10.3. The number of hydroxylamine groups is 2. The van der Waals surface area contributed by atoms with Crippen molar-refractivity contribution >= 4 is 0 Å². The zero-order valence-electron chi connectivity index (χ0n) is 22.5. The molecule has 198 valence electrons. The monoisotopic (exact) mass is 491 g/mol. The molecule has 4 unspecified atom stereocenters. The summed E-state index contributed by atoms with van der Waals surface area (Å²) in [5.41, 5.74) is 0.363. The van der Waals surface area contributed by atoms with Gasteiger partial charge in [0.05, 0.1) is 38.6 Å². The molecule has 7 heteroatoms. The topological polar surface area (TPSA) is 72.9 Å². The SMILES string of the molecule is CCC1(C)CC2(OCC(C)(CO)CO2)C(C)C(C)(CC)N1OCCc1ccc(OCC2CO2)cc1. The molecule has 0 saturated carbocycles. The highest BCUT2D eigenvalue weighted by atomic mass is 16.7. The Kier molecular flexibility index (Phi) is 7.87. The summed E-state index contributed by atoms with van der Waals surface area (Å²) in [6.45, 7) is 16.3. The fourth-order valence-corrected chi connectivity index (χ4v) is 5.52. The van der Waals surface area contributed by atoms with Gasteiger partial charge in [0.2, 0.25) is 0 Å². The van der Waals surface area contributed by atoms with E-state index in [4.69, 9.17) is 23.8 Å². The van der Waals surface area contributed by atoms with Gasteiger partial charge >= 0.3 is 0 Å². The molecule has 4 atom stereocenters. The molecule has 7 nitrogen and oxygen atoms in total. The van der Waals surface area contributed by atoms with Crippen LogP contribution in [0.5, 0.6) is 5.75 Å². The van der Waals surface area contributed by atoms with Crippen molar-refractivity contribution in [2.24, 2.45) is 11.3 Å². The first kappa shape index (κ1) is 26.8. The van der Waals surface area contributed by atoms with E-state index in [2.05, 4.69) is 51.8 Å². The third kappa shape index (κ3) is 5.41. The average molecular weight is 492 g/mol. The smallest absolute Gasteiger partial charge is 0.174 e. The van der Waals surface area contributed by atoms with E-state index in [0.717, 1.165) is 38.0 Å². The van der Waals surface area contributed by atoms with Gasteiger partial charge in [0.15, 0.2) is 5.79 Å². The first-order valence-corrected chi connectivity index (χ1v) is 13.3. The number of hydrogen-bond donors (Lipinski definition) is 1. The largest absolute Gasteiger partial charge is 0.491 e. The van der Waals surface area contributed by atoms with Gasteiger partial charge < -0.3 is 24.1 Å². The predicted molar refractivity (Wildman–Crippen MR) is 134 cm³/mol. The van der Waals surface area contributed by atoms with Gasteiger partial charge in [-0.05, 0) is 50.8 Å². The summed E-state index contributed by atoms with van der Waals surface area (Å²) in [7, 11) is 0. The molecule has 0 aliphatic carbocycles. The normalized spacial score (nSPS) is 39.6. The molecule has 3 aliphatic heterocycles. The van der Waals surface area contributed by atoms with Crippen LogP contribution in [-0.2, 0) is 25.5 Å². The maximum Gasteiger partial charge on any atom is 0.174 e. The number of ether oxygens (including phenoxy) is 4. The molecule has 0 bridgehead atoms. The molecular formula is C28H45NO6. The summed E-state index contributed by atoms with van der Waals surface area (Å²) in [5, 5.41) is 12.1. The highest BCUT2D eigenvalue weighted by Crippen LogP contribution is 2.54. The van der Waals surface area contributed by atoms with Gasteiger partial charge in [-0.1, -0.05) is 39.8 Å². The number of aliphatic hydroxyl groups excluding tert-OH is 1. The Morgan fingerprint density at radius 2 is 1.71 bits per heavy atom.